The molecule has 0 radical (unpaired) electrons. The average Bonchev–Trinajstić information content (AvgIpc) is 3.18. The van der Waals surface area contributed by atoms with E-state index in [1.165, 1.54) is 0 Å². The van der Waals surface area contributed by atoms with E-state index in [2.05, 4.69) is 20.0 Å². The largest absolute Gasteiger partial charge is 0.383 e. The van der Waals surface area contributed by atoms with Crippen LogP contribution in [0.15, 0.2) is 36.8 Å². The Bertz CT molecular complexity index is 992. The first-order valence-electron chi connectivity index (χ1n) is 10.1. The molecule has 152 valence electrons. The van der Waals surface area contributed by atoms with Crippen LogP contribution < -0.4 is 0 Å². The fourth-order valence-corrected chi connectivity index (χ4v) is 3.90. The highest BCUT2D eigenvalue weighted by Gasteiger charge is 2.25. The van der Waals surface area contributed by atoms with E-state index in [-0.39, 0.29) is 11.7 Å². The number of hydrogen-bond donors (Lipinski definition) is 0. The van der Waals surface area contributed by atoms with E-state index < -0.39 is 0 Å². The number of methoxy groups -OCH3 is 1. The summed E-state index contributed by atoms with van der Waals surface area (Å²) < 4.78 is 6.92. The number of hydrogen-bond acceptors (Lipinski definition) is 6. The van der Waals surface area contributed by atoms with Gasteiger partial charge in [-0.15, -0.1) is 0 Å². The van der Waals surface area contributed by atoms with Gasteiger partial charge in [0.25, 0.3) is 0 Å². The second-order valence-corrected chi connectivity index (χ2v) is 7.71. The quantitative estimate of drug-likeness (QED) is 0.614. The molecule has 1 fully saturated rings. The van der Waals surface area contributed by atoms with Crippen LogP contribution in [-0.4, -0.2) is 63.8 Å². The molecule has 0 aliphatic carbocycles. The highest BCUT2D eigenvalue weighted by atomic mass is 16.5. The number of nitrogens with zero attached hydrogens (tertiary/aromatic N) is 5. The van der Waals surface area contributed by atoms with Crippen LogP contribution in [0.3, 0.4) is 0 Å². The maximum atomic E-state index is 12.8. The lowest BCUT2D eigenvalue weighted by atomic mass is 9.91. The molecule has 0 N–H and O–H groups in total. The monoisotopic (exact) mass is 393 g/mol. The number of Topliss-reactive ketones (excluding diaryl/α,β-unsaturated/α-hetero) is 1. The predicted octanol–water partition coefficient (Wildman–Crippen LogP) is 2.50. The van der Waals surface area contributed by atoms with E-state index in [1.54, 1.807) is 11.8 Å². The first kappa shape index (κ1) is 19.7. The second-order valence-electron chi connectivity index (χ2n) is 7.71. The lowest BCUT2D eigenvalue weighted by molar-refractivity contribution is -0.123. The third-order valence-electron chi connectivity index (χ3n) is 5.66. The summed E-state index contributed by atoms with van der Waals surface area (Å²) >= 11 is 0. The zero-order chi connectivity index (χ0) is 20.2. The summed E-state index contributed by atoms with van der Waals surface area (Å²) in [4.78, 5) is 24.2. The summed E-state index contributed by atoms with van der Waals surface area (Å²) in [6.45, 7) is 3.58. The molecule has 1 aliphatic heterocycles. The first-order chi connectivity index (χ1) is 14.1. The van der Waals surface area contributed by atoms with Gasteiger partial charge < -0.3 is 9.64 Å². The number of rotatable bonds is 7. The topological polar surface area (TPSA) is 73.1 Å². The minimum Gasteiger partial charge on any atom is -0.383 e. The minimum absolute atomic E-state index is 0.106. The summed E-state index contributed by atoms with van der Waals surface area (Å²) in [6, 6.07) is 6.10. The molecule has 7 heteroatoms. The van der Waals surface area contributed by atoms with Crippen LogP contribution in [0, 0.1) is 5.92 Å². The van der Waals surface area contributed by atoms with E-state index in [0.717, 1.165) is 61.1 Å². The van der Waals surface area contributed by atoms with Crippen molar-refractivity contribution in [3.05, 3.63) is 42.6 Å². The molecule has 0 saturated carbocycles. The Labute approximate surface area is 170 Å². The SMILES string of the molecule is COCCN1CCC(C(=O)Cc2ncc3ccc(-c4cnn(C)c4)cc3n2)CC1. The molecule has 0 bridgehead atoms. The highest BCUT2D eigenvalue weighted by Crippen LogP contribution is 2.23. The van der Waals surface area contributed by atoms with Crippen LogP contribution >= 0.6 is 0 Å². The summed E-state index contributed by atoms with van der Waals surface area (Å²) in [5.41, 5.74) is 2.97. The maximum Gasteiger partial charge on any atom is 0.143 e. The Morgan fingerprint density at radius 1 is 1.21 bits per heavy atom. The van der Waals surface area contributed by atoms with Crippen LogP contribution in [-0.2, 0) is 23.0 Å². The standard InChI is InChI=1S/C22H27N5O2/c1-26-15-19(14-24-26)17-3-4-18-13-23-22(25-20(18)11-17)12-21(28)16-5-7-27(8-6-16)9-10-29-2/h3-4,11,13-16H,5-10,12H2,1-2H3. The van der Waals surface area contributed by atoms with Gasteiger partial charge in [0.2, 0.25) is 0 Å². The molecule has 0 spiro atoms. The molecule has 7 nitrogen and oxygen atoms in total. The van der Waals surface area contributed by atoms with E-state index in [9.17, 15) is 4.79 Å². The normalized spacial score (nSPS) is 15.8. The zero-order valence-electron chi connectivity index (χ0n) is 17.0. The van der Waals surface area contributed by atoms with Gasteiger partial charge in [0, 0.05) is 50.0 Å². The van der Waals surface area contributed by atoms with Crippen molar-refractivity contribution in [2.24, 2.45) is 13.0 Å². The number of aryl methyl sites for hydroxylation is 1. The van der Waals surface area contributed by atoms with Gasteiger partial charge in [-0.25, -0.2) is 9.97 Å². The highest BCUT2D eigenvalue weighted by molar-refractivity contribution is 5.85. The number of ether oxygens (including phenoxy) is 1. The van der Waals surface area contributed by atoms with Crippen LogP contribution in [0.5, 0.6) is 0 Å². The van der Waals surface area contributed by atoms with Crippen molar-refractivity contribution in [2.45, 2.75) is 19.3 Å². The van der Waals surface area contributed by atoms with E-state index in [0.29, 0.717) is 12.2 Å². The van der Waals surface area contributed by atoms with Gasteiger partial charge in [0.05, 0.1) is 24.7 Å². The summed E-state index contributed by atoms with van der Waals surface area (Å²) in [7, 11) is 3.62. The fourth-order valence-electron chi connectivity index (χ4n) is 3.90. The van der Waals surface area contributed by atoms with Gasteiger partial charge in [-0.1, -0.05) is 12.1 Å². The molecular weight excluding hydrogens is 366 g/mol. The number of piperidine rings is 1. The second kappa shape index (κ2) is 8.80. The Kier molecular flexibility index (Phi) is 5.97. The van der Waals surface area contributed by atoms with E-state index in [1.807, 2.05) is 43.8 Å². The third-order valence-corrected chi connectivity index (χ3v) is 5.66. The molecule has 3 heterocycles. The minimum atomic E-state index is 0.106. The molecule has 0 amide bonds. The fraction of sp³-hybridized carbons (Fsp3) is 0.455. The number of fused-ring (bicyclic) bond motifs is 1. The van der Waals surface area contributed by atoms with Gasteiger partial charge in [-0.2, -0.15) is 5.10 Å². The number of carbonyl (C=O) groups is 1. The Balaban J connectivity index is 1.43. The van der Waals surface area contributed by atoms with Gasteiger partial charge in [0.15, 0.2) is 0 Å². The predicted molar refractivity (Wildman–Crippen MR) is 111 cm³/mol. The van der Waals surface area contributed by atoms with Crippen LogP contribution in [0.1, 0.15) is 18.7 Å². The van der Waals surface area contributed by atoms with Crippen molar-refractivity contribution in [2.75, 3.05) is 33.4 Å². The summed E-state index contributed by atoms with van der Waals surface area (Å²) in [5.74, 6) is 0.960. The lowest BCUT2D eigenvalue weighted by Gasteiger charge is -2.30. The average molecular weight is 393 g/mol. The molecule has 1 saturated heterocycles. The van der Waals surface area contributed by atoms with Crippen molar-refractivity contribution in [1.29, 1.82) is 0 Å². The molecule has 0 unspecified atom stereocenters. The van der Waals surface area contributed by atoms with Crippen molar-refractivity contribution >= 4 is 16.7 Å². The van der Waals surface area contributed by atoms with Gasteiger partial charge >= 0.3 is 0 Å². The molecule has 2 aromatic heterocycles. The number of ketones is 1. The maximum absolute atomic E-state index is 12.8. The van der Waals surface area contributed by atoms with Gasteiger partial charge in [0.1, 0.15) is 11.6 Å². The van der Waals surface area contributed by atoms with Crippen molar-refractivity contribution < 1.29 is 9.53 Å². The van der Waals surface area contributed by atoms with E-state index in [4.69, 9.17) is 4.74 Å². The Hall–Kier alpha value is -2.64. The molecule has 29 heavy (non-hydrogen) atoms. The van der Waals surface area contributed by atoms with Gasteiger partial charge in [-0.3, -0.25) is 9.48 Å². The molecule has 0 atom stereocenters. The van der Waals surface area contributed by atoms with Crippen LogP contribution in [0.4, 0.5) is 0 Å². The smallest absolute Gasteiger partial charge is 0.143 e. The number of likely N-dealkylation sites (tertiary alicyclic amines) is 1. The van der Waals surface area contributed by atoms with Crippen molar-refractivity contribution in [1.82, 2.24) is 24.6 Å². The number of carbonyl (C=O) groups excluding carboxylic acids is 1. The first-order valence-corrected chi connectivity index (χ1v) is 10.1. The van der Waals surface area contributed by atoms with Crippen LogP contribution in [0.2, 0.25) is 0 Å². The molecule has 1 aliphatic rings. The van der Waals surface area contributed by atoms with Gasteiger partial charge in [-0.05, 0) is 37.6 Å². The van der Waals surface area contributed by atoms with Crippen LogP contribution in [0.25, 0.3) is 22.0 Å². The number of aromatic nitrogens is 4. The van der Waals surface area contributed by atoms with Crippen molar-refractivity contribution in [3.63, 3.8) is 0 Å². The molecule has 4 rings (SSSR count). The van der Waals surface area contributed by atoms with E-state index >= 15 is 0 Å². The third kappa shape index (κ3) is 4.68. The summed E-state index contributed by atoms with van der Waals surface area (Å²) in [6.07, 6.45) is 7.74. The summed E-state index contributed by atoms with van der Waals surface area (Å²) in [5, 5.41) is 5.20. The lowest BCUT2D eigenvalue weighted by Crippen LogP contribution is -2.38. The zero-order valence-corrected chi connectivity index (χ0v) is 17.0. The molecule has 1 aromatic carbocycles. The molecule has 3 aromatic rings. The Morgan fingerprint density at radius 2 is 2.03 bits per heavy atom. The Morgan fingerprint density at radius 3 is 2.76 bits per heavy atom. The molecular formula is C22H27N5O2. The van der Waals surface area contributed by atoms with Crippen molar-refractivity contribution in [3.8, 4) is 11.1 Å². The number of benzene rings is 1.